The van der Waals surface area contributed by atoms with Gasteiger partial charge < -0.3 is 10.2 Å². The number of nitrogens with one attached hydrogen (secondary N) is 1. The quantitative estimate of drug-likeness (QED) is 0.580. The predicted octanol–water partition coefficient (Wildman–Crippen LogP) is 3.18. The number of anilines is 1. The Morgan fingerprint density at radius 3 is 2.74 bits per heavy atom. The number of thioether (sulfide) groups is 1. The Kier molecular flexibility index (Phi) is 3.03. The molecule has 0 bridgehead atoms. The predicted molar refractivity (Wildman–Crippen MR) is 96.3 cm³/mol. The molecule has 0 saturated carbocycles. The van der Waals surface area contributed by atoms with Crippen molar-refractivity contribution < 1.29 is 9.59 Å². The molecular weight excluding hydrogens is 328 g/mol. The van der Waals surface area contributed by atoms with Gasteiger partial charge in [0.2, 0.25) is 0 Å². The van der Waals surface area contributed by atoms with Gasteiger partial charge in [-0.05, 0) is 31.7 Å². The van der Waals surface area contributed by atoms with Crippen LogP contribution in [0.3, 0.4) is 0 Å². The minimum absolute atomic E-state index is 0.0910. The van der Waals surface area contributed by atoms with Gasteiger partial charge in [-0.2, -0.15) is 0 Å². The summed E-state index contributed by atoms with van der Waals surface area (Å²) in [5.41, 5.74) is 3.22. The van der Waals surface area contributed by atoms with Crippen molar-refractivity contribution in [3.05, 3.63) is 34.2 Å². The van der Waals surface area contributed by atoms with Gasteiger partial charge in [0.25, 0.3) is 11.8 Å². The van der Waals surface area contributed by atoms with E-state index in [4.69, 9.17) is 12.2 Å². The Hall–Kier alpha value is -1.66. The second-order valence-corrected chi connectivity index (χ2v) is 8.54. The monoisotopic (exact) mass is 344 g/mol. The molecule has 3 heterocycles. The van der Waals surface area contributed by atoms with Crippen LogP contribution in [0, 0.1) is 0 Å². The molecule has 0 aromatic heterocycles. The van der Waals surface area contributed by atoms with Crippen molar-refractivity contribution in [3.8, 4) is 0 Å². The molecule has 1 aromatic carbocycles. The van der Waals surface area contributed by atoms with Crippen LogP contribution in [0.5, 0.6) is 0 Å². The lowest BCUT2D eigenvalue weighted by molar-refractivity contribution is -0.116. The van der Waals surface area contributed by atoms with Crippen molar-refractivity contribution in [1.29, 1.82) is 0 Å². The molecule has 1 aromatic rings. The molecule has 0 radical (unpaired) electrons. The van der Waals surface area contributed by atoms with Crippen LogP contribution in [0.2, 0.25) is 0 Å². The number of rotatable bonds is 0. The van der Waals surface area contributed by atoms with E-state index in [9.17, 15) is 9.59 Å². The summed E-state index contributed by atoms with van der Waals surface area (Å²) in [7, 11) is 0. The number of carbonyl (C=O) groups excluding carboxylic acids is 2. The molecule has 1 N–H and O–H groups in total. The van der Waals surface area contributed by atoms with Crippen LogP contribution in [-0.4, -0.2) is 21.7 Å². The molecular formula is C17H16N2O2S2. The van der Waals surface area contributed by atoms with Gasteiger partial charge >= 0.3 is 0 Å². The maximum Gasteiger partial charge on any atom is 0.264 e. The second kappa shape index (κ2) is 4.68. The smallest absolute Gasteiger partial charge is 0.264 e. The Morgan fingerprint density at radius 1 is 1.35 bits per heavy atom. The third kappa shape index (κ3) is 1.94. The van der Waals surface area contributed by atoms with E-state index in [1.165, 1.54) is 17.3 Å². The summed E-state index contributed by atoms with van der Waals surface area (Å²) in [5, 5.41) is 2.61. The SMILES string of the molecule is C[C@@H]1CC(C)(C)N2C(=O)/C(=C3\SC(=S)NC3=O)c3cccc1c32. The maximum absolute atomic E-state index is 13.2. The van der Waals surface area contributed by atoms with E-state index in [2.05, 4.69) is 32.2 Å². The maximum atomic E-state index is 13.2. The number of thiocarbonyl (C=S) groups is 1. The molecule has 2 amide bonds. The summed E-state index contributed by atoms with van der Waals surface area (Å²) in [6, 6.07) is 5.98. The fourth-order valence-corrected chi connectivity index (χ4v) is 5.08. The van der Waals surface area contributed by atoms with Crippen molar-refractivity contribution in [2.75, 3.05) is 4.90 Å². The highest BCUT2D eigenvalue weighted by atomic mass is 32.2. The van der Waals surface area contributed by atoms with Gasteiger partial charge in [-0.3, -0.25) is 9.59 Å². The zero-order valence-electron chi connectivity index (χ0n) is 13.1. The first-order chi connectivity index (χ1) is 10.8. The van der Waals surface area contributed by atoms with Gasteiger partial charge in [0.05, 0.1) is 16.2 Å². The topological polar surface area (TPSA) is 49.4 Å². The lowest BCUT2D eigenvalue weighted by atomic mass is 9.80. The average molecular weight is 344 g/mol. The summed E-state index contributed by atoms with van der Waals surface area (Å²) in [6.07, 6.45) is 0.898. The molecule has 0 aliphatic carbocycles. The molecule has 1 fully saturated rings. The fourth-order valence-electron chi connectivity index (χ4n) is 3.97. The van der Waals surface area contributed by atoms with Gasteiger partial charge in [-0.1, -0.05) is 49.1 Å². The minimum atomic E-state index is -0.276. The number of amides is 2. The molecule has 23 heavy (non-hydrogen) atoms. The zero-order valence-corrected chi connectivity index (χ0v) is 14.7. The highest BCUT2D eigenvalue weighted by molar-refractivity contribution is 8.27. The van der Waals surface area contributed by atoms with Crippen molar-refractivity contribution in [2.45, 2.75) is 38.6 Å². The van der Waals surface area contributed by atoms with Crippen LogP contribution in [0.15, 0.2) is 23.1 Å². The zero-order chi connectivity index (χ0) is 16.5. The lowest BCUT2D eigenvalue weighted by Crippen LogP contribution is -2.49. The standard InChI is InChI=1S/C17H16N2O2S2/c1-8-7-17(2,3)19-12-9(8)5-4-6-10(12)11(15(19)21)13-14(20)18-16(22)23-13/h4-6,8H,7H2,1-3H3,(H,18,20,22)/b13-11-/t8-/m1/s1. The molecule has 118 valence electrons. The Labute approximate surface area is 144 Å². The highest BCUT2D eigenvalue weighted by Gasteiger charge is 2.49. The number of para-hydroxylation sites is 1. The second-order valence-electron chi connectivity index (χ2n) is 6.85. The summed E-state index contributed by atoms with van der Waals surface area (Å²) in [4.78, 5) is 27.7. The van der Waals surface area contributed by atoms with Crippen LogP contribution >= 0.6 is 24.0 Å². The van der Waals surface area contributed by atoms with E-state index in [0.29, 0.717) is 20.7 Å². The van der Waals surface area contributed by atoms with Crippen LogP contribution in [0.25, 0.3) is 5.57 Å². The first kappa shape index (κ1) is 14.9. The largest absolute Gasteiger partial charge is 0.307 e. The number of benzene rings is 1. The molecule has 3 aliphatic heterocycles. The normalized spacial score (nSPS) is 28.2. The molecule has 1 saturated heterocycles. The fraction of sp³-hybridized carbons (Fsp3) is 0.353. The van der Waals surface area contributed by atoms with Crippen molar-refractivity contribution in [3.63, 3.8) is 0 Å². The van der Waals surface area contributed by atoms with Gasteiger partial charge in [0.1, 0.15) is 4.32 Å². The van der Waals surface area contributed by atoms with E-state index < -0.39 is 0 Å². The summed E-state index contributed by atoms with van der Waals surface area (Å²) in [5.74, 6) is 0.0119. The summed E-state index contributed by atoms with van der Waals surface area (Å²) in [6.45, 7) is 6.36. The molecule has 4 nitrogen and oxygen atoms in total. The first-order valence-corrected chi connectivity index (χ1v) is 8.79. The number of nitrogens with zero attached hydrogens (tertiary/aromatic N) is 1. The third-order valence-electron chi connectivity index (χ3n) is 4.76. The molecule has 0 unspecified atom stereocenters. The van der Waals surface area contributed by atoms with E-state index in [0.717, 1.165) is 17.7 Å². The third-order valence-corrected chi connectivity index (χ3v) is 6.00. The average Bonchev–Trinajstić information content (AvgIpc) is 2.93. The Morgan fingerprint density at radius 2 is 2.09 bits per heavy atom. The van der Waals surface area contributed by atoms with Crippen molar-refractivity contribution >= 4 is 51.4 Å². The summed E-state index contributed by atoms with van der Waals surface area (Å²) < 4.78 is 0.406. The van der Waals surface area contributed by atoms with Crippen molar-refractivity contribution in [2.24, 2.45) is 0 Å². The Balaban J connectivity index is 2.03. The van der Waals surface area contributed by atoms with E-state index >= 15 is 0 Å². The molecule has 3 aliphatic rings. The van der Waals surface area contributed by atoms with E-state index in [-0.39, 0.29) is 17.4 Å². The first-order valence-electron chi connectivity index (χ1n) is 7.56. The molecule has 0 spiro atoms. The molecule has 1 atom stereocenters. The van der Waals surface area contributed by atoms with Crippen molar-refractivity contribution in [1.82, 2.24) is 5.32 Å². The lowest BCUT2D eigenvalue weighted by Gasteiger charge is -2.43. The van der Waals surface area contributed by atoms with Crippen LogP contribution in [0.1, 0.15) is 44.2 Å². The van der Waals surface area contributed by atoms with Gasteiger partial charge in [-0.25, -0.2) is 0 Å². The van der Waals surface area contributed by atoms with E-state index in [1.807, 2.05) is 17.0 Å². The van der Waals surface area contributed by atoms with E-state index in [1.54, 1.807) is 0 Å². The van der Waals surface area contributed by atoms with Crippen LogP contribution in [-0.2, 0) is 9.59 Å². The van der Waals surface area contributed by atoms with Crippen LogP contribution < -0.4 is 10.2 Å². The number of hydrogen-bond donors (Lipinski definition) is 1. The Bertz CT molecular complexity index is 826. The number of carbonyl (C=O) groups is 2. The van der Waals surface area contributed by atoms with Crippen LogP contribution in [0.4, 0.5) is 5.69 Å². The highest BCUT2D eigenvalue weighted by Crippen LogP contribution is 2.53. The van der Waals surface area contributed by atoms with Gasteiger partial charge in [0, 0.05) is 11.1 Å². The molecule has 6 heteroatoms. The molecule has 4 rings (SSSR count). The summed E-state index contributed by atoms with van der Waals surface area (Å²) >= 11 is 6.26. The number of hydrogen-bond acceptors (Lipinski definition) is 4. The van der Waals surface area contributed by atoms with Gasteiger partial charge in [-0.15, -0.1) is 0 Å². The van der Waals surface area contributed by atoms with Gasteiger partial charge in [0.15, 0.2) is 0 Å². The minimum Gasteiger partial charge on any atom is -0.307 e.